The normalized spacial score (nSPS) is 20.8. The summed E-state index contributed by atoms with van der Waals surface area (Å²) in [5.41, 5.74) is -3.46. The summed E-state index contributed by atoms with van der Waals surface area (Å²) < 4.78 is 44.9. The lowest BCUT2D eigenvalue weighted by molar-refractivity contribution is -0.152. The Kier molecular flexibility index (Phi) is 5.70. The van der Waals surface area contributed by atoms with Gasteiger partial charge in [0, 0.05) is 25.2 Å². The van der Waals surface area contributed by atoms with E-state index >= 15 is 0 Å². The Balaban J connectivity index is 2.46. The molecular weight excluding hydrogens is 377 g/mol. The number of alkyl halides is 4. The van der Waals surface area contributed by atoms with E-state index in [9.17, 15) is 27.6 Å². The lowest BCUT2D eigenvalue weighted by Crippen LogP contribution is -2.43. The number of esters is 1. The van der Waals surface area contributed by atoms with Gasteiger partial charge in [0.25, 0.3) is 5.56 Å². The van der Waals surface area contributed by atoms with Gasteiger partial charge in [0.2, 0.25) is 0 Å². The average molecular weight is 395 g/mol. The van der Waals surface area contributed by atoms with E-state index in [1.165, 1.54) is 6.08 Å². The largest absolute Gasteiger partial charge is 0.463 e. The molecule has 2 atom stereocenters. The van der Waals surface area contributed by atoms with Crippen LogP contribution in [0.25, 0.3) is 5.70 Å². The van der Waals surface area contributed by atoms with Crippen LogP contribution in [0.3, 0.4) is 0 Å². The fraction of sp³-hybridized carbons (Fsp3) is 0.562. The number of ether oxygens (including phenoxy) is 1. The van der Waals surface area contributed by atoms with Gasteiger partial charge in [-0.25, -0.2) is 9.36 Å². The molecule has 1 aliphatic rings. The van der Waals surface area contributed by atoms with E-state index < -0.39 is 40.4 Å². The van der Waals surface area contributed by atoms with Crippen LogP contribution < -0.4 is 11.2 Å². The van der Waals surface area contributed by atoms with Crippen molar-refractivity contribution in [3.05, 3.63) is 38.7 Å². The summed E-state index contributed by atoms with van der Waals surface area (Å²) >= 11 is 6.14. The molecule has 2 rings (SSSR count). The summed E-state index contributed by atoms with van der Waals surface area (Å²) in [5, 5.41) is -0.598. The fourth-order valence-electron chi connectivity index (χ4n) is 2.74. The Morgan fingerprint density at radius 3 is 2.50 bits per heavy atom. The second-order valence-corrected chi connectivity index (χ2v) is 6.85. The van der Waals surface area contributed by atoms with Crippen molar-refractivity contribution in [2.24, 2.45) is 13.0 Å². The summed E-state index contributed by atoms with van der Waals surface area (Å²) in [6.07, 6.45) is -3.64. The Labute approximate surface area is 151 Å². The van der Waals surface area contributed by atoms with Crippen LogP contribution in [0.5, 0.6) is 0 Å². The van der Waals surface area contributed by atoms with Gasteiger partial charge in [0.1, 0.15) is 5.69 Å². The zero-order valence-corrected chi connectivity index (χ0v) is 15.1. The molecule has 1 aromatic heterocycles. The molecule has 0 amide bonds. The molecule has 6 nitrogen and oxygen atoms in total. The van der Waals surface area contributed by atoms with Gasteiger partial charge in [0.15, 0.2) is 0 Å². The molecule has 0 radical (unpaired) electrons. The predicted octanol–water partition coefficient (Wildman–Crippen LogP) is 2.38. The Morgan fingerprint density at radius 1 is 1.35 bits per heavy atom. The third-order valence-electron chi connectivity index (χ3n) is 4.00. The molecule has 0 saturated carbocycles. The Hall–Kier alpha value is -2.03. The van der Waals surface area contributed by atoms with Crippen molar-refractivity contribution < 1.29 is 22.7 Å². The molecule has 10 heteroatoms. The topological polar surface area (TPSA) is 70.3 Å². The average Bonchev–Trinajstić information content (AvgIpc) is 2.50. The first-order chi connectivity index (χ1) is 11.9. The highest BCUT2D eigenvalue weighted by Gasteiger charge is 2.37. The van der Waals surface area contributed by atoms with Crippen molar-refractivity contribution in [3.8, 4) is 0 Å². The van der Waals surface area contributed by atoms with Crippen LogP contribution in [0.15, 0.2) is 21.7 Å². The molecule has 1 heterocycles. The third-order valence-corrected chi connectivity index (χ3v) is 4.48. The van der Waals surface area contributed by atoms with Gasteiger partial charge in [-0.2, -0.15) is 13.2 Å². The van der Waals surface area contributed by atoms with Crippen LogP contribution in [-0.4, -0.2) is 26.6 Å². The van der Waals surface area contributed by atoms with Crippen molar-refractivity contribution in [1.29, 1.82) is 0 Å². The highest BCUT2D eigenvalue weighted by molar-refractivity contribution is 6.22. The molecule has 0 fully saturated rings. The maximum Gasteiger partial charge on any atom is 0.431 e. The predicted molar refractivity (Wildman–Crippen MR) is 88.8 cm³/mol. The summed E-state index contributed by atoms with van der Waals surface area (Å²) in [6.45, 7) is 3.33. The van der Waals surface area contributed by atoms with Crippen LogP contribution in [0.1, 0.15) is 32.4 Å². The van der Waals surface area contributed by atoms with E-state index in [4.69, 9.17) is 16.3 Å². The standard InChI is InChI=1S/C16H18ClF3N2O4/c1-8(2)26-14(24)10-6-9(4-5-11(10)17)22-13(23)7-12(16(18,19)20)21(3)15(22)25/h4,7-8,10-11H,5-6H2,1-3H3. The number of allylic oxidation sites excluding steroid dienone is 2. The van der Waals surface area contributed by atoms with Gasteiger partial charge in [-0.05, 0) is 20.3 Å². The van der Waals surface area contributed by atoms with Gasteiger partial charge < -0.3 is 4.74 Å². The molecule has 2 unspecified atom stereocenters. The van der Waals surface area contributed by atoms with Crippen LogP contribution in [0.4, 0.5) is 13.2 Å². The van der Waals surface area contributed by atoms with Gasteiger partial charge in [-0.1, -0.05) is 6.08 Å². The summed E-state index contributed by atoms with van der Waals surface area (Å²) in [4.78, 5) is 36.6. The van der Waals surface area contributed by atoms with E-state index in [-0.39, 0.29) is 24.6 Å². The van der Waals surface area contributed by atoms with Crippen molar-refractivity contribution in [1.82, 2.24) is 9.13 Å². The molecule has 1 aromatic rings. The number of aromatic nitrogens is 2. The minimum absolute atomic E-state index is 0.0831. The van der Waals surface area contributed by atoms with Gasteiger partial charge in [-0.15, -0.1) is 11.6 Å². The summed E-state index contributed by atoms with van der Waals surface area (Å²) in [7, 11) is 0.930. The van der Waals surface area contributed by atoms with Crippen molar-refractivity contribution in [2.75, 3.05) is 0 Å². The molecular formula is C16H18ClF3N2O4. The number of hydrogen-bond donors (Lipinski definition) is 0. The van der Waals surface area contributed by atoms with E-state index in [1.807, 2.05) is 0 Å². The molecule has 0 saturated heterocycles. The first-order valence-corrected chi connectivity index (χ1v) is 8.31. The second-order valence-electron chi connectivity index (χ2n) is 6.29. The number of halogens is 4. The fourth-order valence-corrected chi connectivity index (χ4v) is 3.03. The van der Waals surface area contributed by atoms with Crippen LogP contribution >= 0.6 is 11.6 Å². The first-order valence-electron chi connectivity index (χ1n) is 7.87. The first kappa shape index (κ1) is 20.3. The van der Waals surface area contributed by atoms with Gasteiger partial charge in [0.05, 0.1) is 17.4 Å². The van der Waals surface area contributed by atoms with Crippen LogP contribution in [0, 0.1) is 5.92 Å². The van der Waals surface area contributed by atoms with Crippen LogP contribution in [0.2, 0.25) is 0 Å². The number of rotatable bonds is 3. The van der Waals surface area contributed by atoms with Crippen molar-refractivity contribution in [2.45, 2.75) is 44.3 Å². The van der Waals surface area contributed by atoms with E-state index in [0.717, 1.165) is 7.05 Å². The lowest BCUT2D eigenvalue weighted by Gasteiger charge is -2.27. The SMILES string of the molecule is CC(C)OC(=O)C1CC(n2c(=O)cc(C(F)(F)F)n(C)c2=O)=CCC1Cl. The van der Waals surface area contributed by atoms with E-state index in [1.54, 1.807) is 13.8 Å². The molecule has 0 aromatic carbocycles. The molecule has 0 spiro atoms. The minimum Gasteiger partial charge on any atom is -0.463 e. The molecule has 0 aliphatic heterocycles. The molecule has 0 bridgehead atoms. The molecule has 1 aliphatic carbocycles. The monoisotopic (exact) mass is 394 g/mol. The number of hydrogen-bond acceptors (Lipinski definition) is 4. The molecule has 144 valence electrons. The smallest absolute Gasteiger partial charge is 0.431 e. The highest BCUT2D eigenvalue weighted by atomic mass is 35.5. The quantitative estimate of drug-likeness (QED) is 0.583. The number of nitrogens with zero attached hydrogens (tertiary/aromatic N) is 2. The van der Waals surface area contributed by atoms with E-state index in [0.29, 0.717) is 15.2 Å². The van der Waals surface area contributed by atoms with Crippen molar-refractivity contribution >= 4 is 23.3 Å². The highest BCUT2D eigenvalue weighted by Crippen LogP contribution is 2.32. The molecule has 26 heavy (non-hydrogen) atoms. The van der Waals surface area contributed by atoms with Gasteiger partial charge in [-0.3, -0.25) is 14.2 Å². The zero-order chi connectivity index (χ0) is 19.8. The van der Waals surface area contributed by atoms with Crippen molar-refractivity contribution in [3.63, 3.8) is 0 Å². The minimum atomic E-state index is -4.84. The summed E-state index contributed by atoms with van der Waals surface area (Å²) in [6, 6.07) is 0.358. The van der Waals surface area contributed by atoms with E-state index in [2.05, 4.69) is 0 Å². The third kappa shape index (κ3) is 4.03. The zero-order valence-electron chi connectivity index (χ0n) is 14.3. The number of carbonyl (C=O) groups excluding carboxylic acids is 1. The summed E-state index contributed by atoms with van der Waals surface area (Å²) in [5.74, 6) is -1.39. The maximum absolute atomic E-state index is 12.9. The number of carbonyl (C=O) groups is 1. The Bertz CT molecular complexity index is 855. The second kappa shape index (κ2) is 7.30. The van der Waals surface area contributed by atoms with Gasteiger partial charge >= 0.3 is 17.8 Å². The Morgan fingerprint density at radius 2 is 1.96 bits per heavy atom. The maximum atomic E-state index is 12.9. The van der Waals surface area contributed by atoms with Crippen LogP contribution in [-0.2, 0) is 22.8 Å². The molecule has 0 N–H and O–H groups in total. The lowest BCUT2D eigenvalue weighted by atomic mass is 9.91.